The van der Waals surface area contributed by atoms with Crippen LogP contribution in [0.5, 0.6) is 0 Å². The molecule has 0 saturated carbocycles. The smallest absolute Gasteiger partial charge is 0.123 e. The average Bonchev–Trinajstić information content (AvgIpc) is 2.83. The van der Waals surface area contributed by atoms with Crippen LogP contribution in [-0.2, 0) is 6.42 Å². The molecule has 0 fully saturated rings. The van der Waals surface area contributed by atoms with E-state index in [4.69, 9.17) is 0 Å². The monoisotopic (exact) mass is 253 g/mol. The van der Waals surface area contributed by atoms with Gasteiger partial charge in [0.15, 0.2) is 0 Å². The van der Waals surface area contributed by atoms with Gasteiger partial charge < -0.3 is 4.57 Å². The molecule has 0 saturated heterocycles. The van der Waals surface area contributed by atoms with E-state index in [2.05, 4.69) is 35.8 Å². The zero-order chi connectivity index (χ0) is 13.2. The van der Waals surface area contributed by atoms with Gasteiger partial charge >= 0.3 is 0 Å². The minimum atomic E-state index is -0.202. The van der Waals surface area contributed by atoms with Crippen molar-refractivity contribution in [3.05, 3.63) is 66.1 Å². The molecule has 0 radical (unpaired) electrons. The van der Waals surface area contributed by atoms with Crippen molar-refractivity contribution < 1.29 is 4.39 Å². The van der Waals surface area contributed by atoms with Crippen LogP contribution in [-0.4, -0.2) is 4.57 Å². The lowest BCUT2D eigenvalue weighted by molar-refractivity contribution is 0.627. The number of nitrogens with zero attached hydrogens (tertiary/aromatic N) is 1. The van der Waals surface area contributed by atoms with E-state index in [9.17, 15) is 4.39 Å². The maximum absolute atomic E-state index is 13.0. The molecule has 0 amide bonds. The van der Waals surface area contributed by atoms with Crippen LogP contribution in [0.25, 0.3) is 16.6 Å². The van der Waals surface area contributed by atoms with Crippen molar-refractivity contribution in [3.8, 4) is 5.69 Å². The summed E-state index contributed by atoms with van der Waals surface area (Å²) < 4.78 is 15.1. The van der Waals surface area contributed by atoms with Gasteiger partial charge in [-0.1, -0.05) is 25.5 Å². The summed E-state index contributed by atoms with van der Waals surface area (Å²) >= 11 is 0. The molecule has 1 heterocycles. The SMILES string of the molecule is CCCc1ccc2ccn(-c3ccc(F)cc3)c2c1. The molecular formula is C17H16FN. The summed E-state index contributed by atoms with van der Waals surface area (Å²) in [5.74, 6) is -0.202. The number of halogens is 1. The van der Waals surface area contributed by atoms with Crippen LogP contribution < -0.4 is 0 Å². The third kappa shape index (κ3) is 2.26. The summed E-state index contributed by atoms with van der Waals surface area (Å²) in [6, 6.07) is 15.3. The molecule has 2 aromatic carbocycles. The van der Waals surface area contributed by atoms with Gasteiger partial charge in [0.2, 0.25) is 0 Å². The van der Waals surface area contributed by atoms with Crippen molar-refractivity contribution in [2.45, 2.75) is 19.8 Å². The summed E-state index contributed by atoms with van der Waals surface area (Å²) in [7, 11) is 0. The highest BCUT2D eigenvalue weighted by Crippen LogP contribution is 2.22. The quantitative estimate of drug-likeness (QED) is 0.636. The predicted molar refractivity (Wildman–Crippen MR) is 77.2 cm³/mol. The molecular weight excluding hydrogens is 237 g/mol. The van der Waals surface area contributed by atoms with E-state index in [-0.39, 0.29) is 5.82 Å². The average molecular weight is 253 g/mol. The second-order valence-electron chi connectivity index (χ2n) is 4.81. The molecule has 3 rings (SSSR count). The fraction of sp³-hybridized carbons (Fsp3) is 0.176. The Hall–Kier alpha value is -2.09. The van der Waals surface area contributed by atoms with Crippen molar-refractivity contribution in [1.29, 1.82) is 0 Å². The molecule has 96 valence electrons. The summed E-state index contributed by atoms with van der Waals surface area (Å²) in [6.07, 6.45) is 4.26. The third-order valence-corrected chi connectivity index (χ3v) is 3.40. The van der Waals surface area contributed by atoms with E-state index in [0.29, 0.717) is 0 Å². The van der Waals surface area contributed by atoms with Gasteiger partial charge in [-0.25, -0.2) is 4.39 Å². The maximum Gasteiger partial charge on any atom is 0.123 e. The summed E-state index contributed by atoms with van der Waals surface area (Å²) in [5, 5.41) is 1.21. The van der Waals surface area contributed by atoms with Crippen LogP contribution in [0.3, 0.4) is 0 Å². The molecule has 0 spiro atoms. The minimum Gasteiger partial charge on any atom is -0.317 e. The first-order valence-corrected chi connectivity index (χ1v) is 6.64. The zero-order valence-electron chi connectivity index (χ0n) is 10.9. The molecule has 0 aliphatic heterocycles. The van der Waals surface area contributed by atoms with Gasteiger partial charge in [-0.15, -0.1) is 0 Å². The molecule has 0 aliphatic rings. The van der Waals surface area contributed by atoms with Crippen LogP contribution in [0.4, 0.5) is 4.39 Å². The number of fused-ring (bicyclic) bond motifs is 1. The molecule has 0 atom stereocenters. The Morgan fingerprint density at radius 2 is 1.79 bits per heavy atom. The van der Waals surface area contributed by atoms with Gasteiger partial charge in [0, 0.05) is 11.9 Å². The first kappa shape index (κ1) is 12.0. The van der Waals surface area contributed by atoms with Gasteiger partial charge in [0.05, 0.1) is 5.52 Å². The van der Waals surface area contributed by atoms with Crippen LogP contribution in [0, 0.1) is 5.82 Å². The highest BCUT2D eigenvalue weighted by atomic mass is 19.1. The molecule has 2 heteroatoms. The van der Waals surface area contributed by atoms with Crippen molar-refractivity contribution in [2.24, 2.45) is 0 Å². The van der Waals surface area contributed by atoms with Crippen molar-refractivity contribution in [2.75, 3.05) is 0 Å². The number of hydrogen-bond donors (Lipinski definition) is 0. The lowest BCUT2D eigenvalue weighted by Gasteiger charge is -2.07. The largest absolute Gasteiger partial charge is 0.317 e. The van der Waals surface area contributed by atoms with Crippen molar-refractivity contribution in [3.63, 3.8) is 0 Å². The summed E-state index contributed by atoms with van der Waals surface area (Å²) in [5.41, 5.74) is 3.51. The zero-order valence-corrected chi connectivity index (χ0v) is 10.9. The summed E-state index contributed by atoms with van der Waals surface area (Å²) in [6.45, 7) is 2.18. The Morgan fingerprint density at radius 1 is 1.00 bits per heavy atom. The fourth-order valence-corrected chi connectivity index (χ4v) is 2.44. The number of aryl methyl sites for hydroxylation is 1. The lowest BCUT2D eigenvalue weighted by atomic mass is 10.1. The summed E-state index contributed by atoms with van der Waals surface area (Å²) in [4.78, 5) is 0. The van der Waals surface area contributed by atoms with Gasteiger partial charge in [0.25, 0.3) is 0 Å². The Balaban J connectivity index is 2.12. The number of hydrogen-bond acceptors (Lipinski definition) is 0. The first-order valence-electron chi connectivity index (χ1n) is 6.64. The molecule has 1 nitrogen and oxygen atoms in total. The Kier molecular flexibility index (Phi) is 3.08. The Bertz CT molecular complexity index is 695. The second-order valence-corrected chi connectivity index (χ2v) is 4.81. The van der Waals surface area contributed by atoms with E-state index in [1.54, 1.807) is 12.1 Å². The van der Waals surface area contributed by atoms with E-state index in [0.717, 1.165) is 18.5 Å². The van der Waals surface area contributed by atoms with Crippen LogP contribution in [0.15, 0.2) is 54.7 Å². The lowest BCUT2D eigenvalue weighted by Crippen LogP contribution is -1.93. The molecule has 3 aromatic rings. The molecule has 19 heavy (non-hydrogen) atoms. The normalized spacial score (nSPS) is 11.1. The van der Waals surface area contributed by atoms with Gasteiger partial charge in [0.1, 0.15) is 5.82 Å². The highest BCUT2D eigenvalue weighted by Gasteiger charge is 2.04. The molecule has 0 unspecified atom stereocenters. The van der Waals surface area contributed by atoms with Gasteiger partial charge in [-0.2, -0.15) is 0 Å². The molecule has 0 bridgehead atoms. The fourth-order valence-electron chi connectivity index (χ4n) is 2.44. The topological polar surface area (TPSA) is 4.93 Å². The first-order chi connectivity index (χ1) is 9.28. The van der Waals surface area contributed by atoms with E-state index >= 15 is 0 Å². The van der Waals surface area contributed by atoms with Gasteiger partial charge in [-0.3, -0.25) is 0 Å². The van der Waals surface area contributed by atoms with Crippen molar-refractivity contribution >= 4 is 10.9 Å². The third-order valence-electron chi connectivity index (χ3n) is 3.40. The second kappa shape index (κ2) is 4.88. The number of aromatic nitrogens is 1. The van der Waals surface area contributed by atoms with E-state index < -0.39 is 0 Å². The minimum absolute atomic E-state index is 0.202. The molecule has 1 aromatic heterocycles. The van der Waals surface area contributed by atoms with Gasteiger partial charge in [-0.05, 0) is 53.8 Å². The molecule has 0 N–H and O–H groups in total. The van der Waals surface area contributed by atoms with Crippen molar-refractivity contribution in [1.82, 2.24) is 4.57 Å². The maximum atomic E-state index is 13.0. The van der Waals surface area contributed by atoms with Crippen LogP contribution in [0.1, 0.15) is 18.9 Å². The van der Waals surface area contributed by atoms with E-state index in [1.165, 1.54) is 28.6 Å². The number of benzene rings is 2. The van der Waals surface area contributed by atoms with Crippen LogP contribution in [0.2, 0.25) is 0 Å². The Morgan fingerprint density at radius 3 is 2.53 bits per heavy atom. The standard InChI is InChI=1S/C17H16FN/c1-2-3-13-4-5-14-10-11-19(17(14)12-13)16-8-6-15(18)7-9-16/h4-12H,2-3H2,1H3. The predicted octanol–water partition coefficient (Wildman–Crippen LogP) is 4.72. The van der Waals surface area contributed by atoms with E-state index in [1.807, 2.05) is 6.20 Å². The van der Waals surface area contributed by atoms with Crippen LogP contribution >= 0.6 is 0 Å². The Labute approximate surface area is 112 Å². The molecule has 0 aliphatic carbocycles. The highest BCUT2D eigenvalue weighted by molar-refractivity contribution is 5.82. The number of rotatable bonds is 3.